The number of hydrogen-bond donors (Lipinski definition) is 1. The molecule has 2 heterocycles. The lowest BCUT2D eigenvalue weighted by Crippen LogP contribution is -2.19. The first kappa shape index (κ1) is 21.6. The molecule has 1 N–H and O–H groups in total. The normalized spacial score (nSPS) is 17.3. The summed E-state index contributed by atoms with van der Waals surface area (Å²) in [5.74, 6) is 1.29. The number of carbonyl (C=O) groups excluding carboxylic acids is 1. The fraction of sp³-hybridized carbons (Fsp3) is 0.200. The van der Waals surface area contributed by atoms with Gasteiger partial charge in [-0.1, -0.05) is 53.3 Å². The molecule has 1 fully saturated rings. The Labute approximate surface area is 200 Å². The molecular weight excluding hydrogens is 456 g/mol. The molecule has 1 aliphatic carbocycles. The number of amides is 1. The van der Waals surface area contributed by atoms with Crippen molar-refractivity contribution in [3.8, 4) is 16.9 Å². The van der Waals surface area contributed by atoms with Crippen molar-refractivity contribution >= 4 is 34.0 Å². The molecule has 33 heavy (non-hydrogen) atoms. The van der Waals surface area contributed by atoms with Gasteiger partial charge >= 0.3 is 0 Å². The molecular formula is C25H21ClN4O2S. The van der Waals surface area contributed by atoms with E-state index in [1.165, 1.54) is 16.9 Å². The van der Waals surface area contributed by atoms with E-state index in [9.17, 15) is 4.79 Å². The van der Waals surface area contributed by atoms with Gasteiger partial charge in [0.2, 0.25) is 5.13 Å². The summed E-state index contributed by atoms with van der Waals surface area (Å²) in [5, 5.41) is 13.6. The van der Waals surface area contributed by atoms with Crippen LogP contribution < -0.4 is 10.1 Å². The molecule has 0 spiro atoms. The number of benzene rings is 2. The van der Waals surface area contributed by atoms with E-state index in [0.29, 0.717) is 33.8 Å². The molecule has 0 radical (unpaired) electrons. The maximum Gasteiger partial charge on any atom is 0.258 e. The van der Waals surface area contributed by atoms with E-state index < -0.39 is 0 Å². The highest BCUT2D eigenvalue weighted by Crippen LogP contribution is 2.48. The van der Waals surface area contributed by atoms with Crippen LogP contribution in [0.4, 0.5) is 5.13 Å². The third-order valence-corrected chi connectivity index (χ3v) is 7.21. The highest BCUT2D eigenvalue weighted by Gasteiger charge is 2.34. The number of methoxy groups -OCH3 is 1. The maximum atomic E-state index is 13.1. The number of halogens is 1. The number of nitrogens with one attached hydrogen (secondary N) is 1. The van der Waals surface area contributed by atoms with Gasteiger partial charge in [-0.2, -0.15) is 0 Å². The number of para-hydroxylation sites is 1. The van der Waals surface area contributed by atoms with E-state index in [1.54, 1.807) is 25.6 Å². The number of carbonyl (C=O) groups is 1. The van der Waals surface area contributed by atoms with Gasteiger partial charge in [-0.15, -0.1) is 10.2 Å². The monoisotopic (exact) mass is 476 g/mol. The van der Waals surface area contributed by atoms with E-state index in [1.807, 2.05) is 36.4 Å². The average Bonchev–Trinajstić information content (AvgIpc) is 3.27. The molecule has 2 aromatic carbocycles. The summed E-state index contributed by atoms with van der Waals surface area (Å²) in [5.41, 5.74) is 3.30. The van der Waals surface area contributed by atoms with Crippen molar-refractivity contribution in [2.24, 2.45) is 0 Å². The van der Waals surface area contributed by atoms with Crippen LogP contribution in [0.5, 0.6) is 5.75 Å². The predicted octanol–water partition coefficient (Wildman–Crippen LogP) is 6.18. The molecule has 8 heteroatoms. The second-order valence-corrected chi connectivity index (χ2v) is 9.38. The molecule has 0 aliphatic heterocycles. The molecule has 5 rings (SSSR count). The minimum atomic E-state index is -0.256. The molecule has 0 unspecified atom stereocenters. The smallest absolute Gasteiger partial charge is 0.258 e. The Morgan fingerprint density at radius 1 is 1.03 bits per heavy atom. The minimum Gasteiger partial charge on any atom is -0.496 e. The van der Waals surface area contributed by atoms with Crippen molar-refractivity contribution in [1.82, 2.24) is 15.2 Å². The molecule has 1 amide bonds. The molecule has 0 atom stereocenters. The number of nitrogens with zero attached hydrogens (tertiary/aromatic N) is 3. The molecule has 4 aromatic rings. The van der Waals surface area contributed by atoms with Crippen LogP contribution in [-0.2, 0) is 0 Å². The number of rotatable bonds is 6. The molecule has 0 bridgehead atoms. The number of ether oxygens (including phenoxy) is 1. The van der Waals surface area contributed by atoms with Gasteiger partial charge in [0, 0.05) is 34.5 Å². The van der Waals surface area contributed by atoms with Gasteiger partial charge in [0.05, 0.1) is 12.7 Å². The van der Waals surface area contributed by atoms with Gasteiger partial charge in [-0.05, 0) is 48.6 Å². The van der Waals surface area contributed by atoms with E-state index in [4.69, 9.17) is 16.3 Å². The van der Waals surface area contributed by atoms with Gasteiger partial charge in [0.25, 0.3) is 5.91 Å². The standard InChI is InChI=1S/C25H21ClN4O2S/c1-32-22-5-3-2-4-19(22)21-14-27-11-10-20(21)23(31)28-25-30-29-24(33-25)17-12-16(13-17)15-6-8-18(26)9-7-15/h2-11,14,16-17H,12-13H2,1H3,(H,28,30,31). The SMILES string of the molecule is COc1ccccc1-c1cnccc1C(=O)Nc1nnc(C2CC(c3ccc(Cl)cc3)C2)s1. The van der Waals surface area contributed by atoms with E-state index in [2.05, 4.69) is 32.6 Å². The van der Waals surface area contributed by atoms with Crippen molar-refractivity contribution in [3.63, 3.8) is 0 Å². The Morgan fingerprint density at radius 3 is 2.61 bits per heavy atom. The quantitative estimate of drug-likeness (QED) is 0.359. The van der Waals surface area contributed by atoms with Crippen LogP contribution in [0.25, 0.3) is 11.1 Å². The van der Waals surface area contributed by atoms with Gasteiger partial charge in [0.15, 0.2) is 0 Å². The maximum absolute atomic E-state index is 13.1. The van der Waals surface area contributed by atoms with E-state index in [0.717, 1.165) is 28.4 Å². The zero-order chi connectivity index (χ0) is 22.8. The average molecular weight is 477 g/mol. The largest absolute Gasteiger partial charge is 0.496 e. The summed E-state index contributed by atoms with van der Waals surface area (Å²) in [7, 11) is 1.61. The van der Waals surface area contributed by atoms with Crippen molar-refractivity contribution in [1.29, 1.82) is 0 Å². The lowest BCUT2D eigenvalue weighted by Gasteiger charge is -2.34. The van der Waals surface area contributed by atoms with Crippen molar-refractivity contribution in [3.05, 3.63) is 88.1 Å². The van der Waals surface area contributed by atoms with Gasteiger partial charge in [-0.25, -0.2) is 0 Å². The zero-order valence-electron chi connectivity index (χ0n) is 17.9. The number of anilines is 1. The summed E-state index contributed by atoms with van der Waals surface area (Å²) in [4.78, 5) is 17.3. The van der Waals surface area contributed by atoms with Crippen molar-refractivity contribution < 1.29 is 9.53 Å². The fourth-order valence-electron chi connectivity index (χ4n) is 4.12. The third kappa shape index (κ3) is 4.47. The first-order valence-corrected chi connectivity index (χ1v) is 11.8. The molecule has 1 saturated carbocycles. The van der Waals surface area contributed by atoms with E-state index >= 15 is 0 Å². The van der Waals surface area contributed by atoms with E-state index in [-0.39, 0.29) is 5.91 Å². The first-order valence-electron chi connectivity index (χ1n) is 10.6. The summed E-state index contributed by atoms with van der Waals surface area (Å²) in [6.45, 7) is 0. The van der Waals surface area contributed by atoms with Crippen LogP contribution in [0.3, 0.4) is 0 Å². The second kappa shape index (κ2) is 9.29. The number of pyridine rings is 1. The summed E-state index contributed by atoms with van der Waals surface area (Å²) in [6.07, 6.45) is 5.31. The van der Waals surface area contributed by atoms with Crippen LogP contribution in [0.2, 0.25) is 5.02 Å². The Kier molecular flexibility index (Phi) is 6.07. The Bertz CT molecular complexity index is 1290. The van der Waals surface area contributed by atoms with Crippen molar-refractivity contribution in [2.45, 2.75) is 24.7 Å². The number of aromatic nitrogens is 3. The zero-order valence-corrected chi connectivity index (χ0v) is 19.4. The Balaban J connectivity index is 1.28. The van der Waals surface area contributed by atoms with Crippen LogP contribution in [0.1, 0.15) is 45.6 Å². The molecule has 1 aliphatic rings. The lowest BCUT2D eigenvalue weighted by atomic mass is 9.72. The van der Waals surface area contributed by atoms with Gasteiger partial charge in [0.1, 0.15) is 10.8 Å². The Hall–Kier alpha value is -3.29. The highest BCUT2D eigenvalue weighted by atomic mass is 35.5. The molecule has 0 saturated heterocycles. The third-order valence-electron chi connectivity index (χ3n) is 5.95. The Morgan fingerprint density at radius 2 is 1.82 bits per heavy atom. The second-order valence-electron chi connectivity index (χ2n) is 7.94. The molecule has 166 valence electrons. The van der Waals surface area contributed by atoms with Crippen LogP contribution in [0.15, 0.2) is 67.0 Å². The van der Waals surface area contributed by atoms with Crippen molar-refractivity contribution in [2.75, 3.05) is 12.4 Å². The van der Waals surface area contributed by atoms with Gasteiger partial charge < -0.3 is 4.74 Å². The predicted molar refractivity (Wildman–Crippen MR) is 130 cm³/mol. The summed E-state index contributed by atoms with van der Waals surface area (Å²) >= 11 is 7.42. The number of hydrogen-bond acceptors (Lipinski definition) is 6. The topological polar surface area (TPSA) is 77.0 Å². The van der Waals surface area contributed by atoms with Gasteiger partial charge in [-0.3, -0.25) is 15.1 Å². The van der Waals surface area contributed by atoms with Crippen LogP contribution in [-0.4, -0.2) is 28.2 Å². The summed E-state index contributed by atoms with van der Waals surface area (Å²) < 4.78 is 5.46. The fourth-order valence-corrected chi connectivity index (χ4v) is 5.11. The molecule has 2 aromatic heterocycles. The lowest BCUT2D eigenvalue weighted by molar-refractivity contribution is 0.102. The molecule has 6 nitrogen and oxygen atoms in total. The highest BCUT2D eigenvalue weighted by molar-refractivity contribution is 7.15. The summed E-state index contributed by atoms with van der Waals surface area (Å²) in [6, 6.07) is 17.3. The van der Waals surface area contributed by atoms with Crippen LogP contribution in [0, 0.1) is 0 Å². The first-order chi connectivity index (χ1) is 16.1. The van der Waals surface area contributed by atoms with Crippen LogP contribution >= 0.6 is 22.9 Å². The minimum absolute atomic E-state index is 0.256.